The summed E-state index contributed by atoms with van der Waals surface area (Å²) in [6, 6.07) is 19.1. The molecule has 4 rings (SSSR count). The zero-order chi connectivity index (χ0) is 23.4. The number of esters is 1. The fourth-order valence-electron chi connectivity index (χ4n) is 3.38. The minimum Gasteiger partial charge on any atom is -0.490 e. The Kier molecular flexibility index (Phi) is 6.80. The van der Waals surface area contributed by atoms with Gasteiger partial charge < -0.3 is 14.2 Å². The monoisotopic (exact) mass is 461 g/mol. The standard InChI is InChI=1S/C27H24ClNO4/c1-4-31-24-15-19(13-22(28)25(24)32-16-21-8-6-5-7-18(21)3)14-23-27(30)33-26(29-23)20-11-9-17(2)10-12-20/h5-15H,4,16H2,1-3H3/b23-14-. The molecule has 0 spiro atoms. The second-order valence-corrected chi connectivity index (χ2v) is 8.09. The van der Waals surface area contributed by atoms with E-state index in [1.54, 1.807) is 18.2 Å². The van der Waals surface area contributed by atoms with Crippen molar-refractivity contribution in [2.75, 3.05) is 6.61 Å². The number of carbonyl (C=O) groups is 1. The van der Waals surface area contributed by atoms with Crippen LogP contribution < -0.4 is 9.47 Å². The molecule has 0 saturated heterocycles. The van der Waals surface area contributed by atoms with Crippen LogP contribution in [0.2, 0.25) is 5.02 Å². The van der Waals surface area contributed by atoms with Gasteiger partial charge in [0.25, 0.3) is 0 Å². The summed E-state index contributed by atoms with van der Waals surface area (Å²) in [5, 5.41) is 0.385. The highest BCUT2D eigenvalue weighted by Gasteiger charge is 2.24. The normalized spacial score (nSPS) is 14.2. The van der Waals surface area contributed by atoms with E-state index in [1.807, 2.05) is 69.3 Å². The molecule has 5 nitrogen and oxygen atoms in total. The third kappa shape index (κ3) is 5.26. The second-order valence-electron chi connectivity index (χ2n) is 7.68. The first-order valence-corrected chi connectivity index (χ1v) is 11.1. The summed E-state index contributed by atoms with van der Waals surface area (Å²) in [5.74, 6) is 0.724. The van der Waals surface area contributed by atoms with E-state index in [0.717, 1.165) is 22.3 Å². The van der Waals surface area contributed by atoms with Crippen molar-refractivity contribution in [3.63, 3.8) is 0 Å². The van der Waals surface area contributed by atoms with E-state index in [1.165, 1.54) is 0 Å². The minimum absolute atomic E-state index is 0.192. The number of nitrogens with zero attached hydrogens (tertiary/aromatic N) is 1. The van der Waals surface area contributed by atoms with E-state index in [9.17, 15) is 4.79 Å². The van der Waals surface area contributed by atoms with E-state index in [2.05, 4.69) is 4.99 Å². The number of carbonyl (C=O) groups excluding carboxylic acids is 1. The molecule has 0 atom stereocenters. The van der Waals surface area contributed by atoms with Gasteiger partial charge in [-0.1, -0.05) is 53.6 Å². The van der Waals surface area contributed by atoms with E-state index in [0.29, 0.717) is 35.3 Å². The van der Waals surface area contributed by atoms with Gasteiger partial charge in [-0.3, -0.25) is 0 Å². The molecule has 0 bridgehead atoms. The lowest BCUT2D eigenvalue weighted by molar-refractivity contribution is -0.129. The Morgan fingerprint density at radius 2 is 1.79 bits per heavy atom. The predicted molar refractivity (Wildman–Crippen MR) is 130 cm³/mol. The summed E-state index contributed by atoms with van der Waals surface area (Å²) in [6.07, 6.45) is 1.63. The Labute approximate surface area is 198 Å². The molecule has 0 aliphatic carbocycles. The maximum absolute atomic E-state index is 12.4. The second kappa shape index (κ2) is 9.92. The van der Waals surface area contributed by atoms with Gasteiger partial charge >= 0.3 is 5.97 Å². The number of ether oxygens (including phenoxy) is 3. The van der Waals surface area contributed by atoms with Crippen LogP contribution in [0.5, 0.6) is 11.5 Å². The van der Waals surface area contributed by atoms with Crippen LogP contribution in [0.4, 0.5) is 0 Å². The fourth-order valence-corrected chi connectivity index (χ4v) is 3.66. The molecule has 6 heteroatoms. The van der Waals surface area contributed by atoms with Crippen molar-refractivity contribution < 1.29 is 19.0 Å². The Morgan fingerprint density at radius 1 is 1.03 bits per heavy atom. The van der Waals surface area contributed by atoms with Crippen molar-refractivity contribution >= 4 is 29.5 Å². The zero-order valence-corrected chi connectivity index (χ0v) is 19.5. The van der Waals surface area contributed by atoms with Gasteiger partial charge in [-0.15, -0.1) is 0 Å². The smallest absolute Gasteiger partial charge is 0.363 e. The number of hydrogen-bond donors (Lipinski definition) is 0. The lowest BCUT2D eigenvalue weighted by atomic mass is 10.1. The zero-order valence-electron chi connectivity index (χ0n) is 18.7. The Hall–Kier alpha value is -3.57. The summed E-state index contributed by atoms with van der Waals surface area (Å²) in [4.78, 5) is 16.8. The number of hydrogen-bond acceptors (Lipinski definition) is 5. The summed E-state index contributed by atoms with van der Waals surface area (Å²) < 4.78 is 17.2. The third-order valence-electron chi connectivity index (χ3n) is 5.19. The van der Waals surface area contributed by atoms with Crippen LogP contribution >= 0.6 is 11.6 Å². The molecular weight excluding hydrogens is 438 g/mol. The first-order chi connectivity index (χ1) is 15.9. The van der Waals surface area contributed by atoms with Gasteiger partial charge in [0, 0.05) is 5.56 Å². The van der Waals surface area contributed by atoms with Crippen LogP contribution in [0.25, 0.3) is 6.08 Å². The Morgan fingerprint density at radius 3 is 2.52 bits per heavy atom. The molecule has 0 fully saturated rings. The van der Waals surface area contributed by atoms with Crippen LogP contribution in [-0.4, -0.2) is 18.5 Å². The number of halogens is 1. The molecule has 1 heterocycles. The van der Waals surface area contributed by atoms with Gasteiger partial charge in [-0.25, -0.2) is 9.79 Å². The topological polar surface area (TPSA) is 57.1 Å². The third-order valence-corrected chi connectivity index (χ3v) is 5.47. The first-order valence-electron chi connectivity index (χ1n) is 10.7. The Bertz CT molecular complexity index is 1250. The van der Waals surface area contributed by atoms with E-state index < -0.39 is 5.97 Å². The lowest BCUT2D eigenvalue weighted by Gasteiger charge is -2.15. The molecule has 0 aromatic heterocycles. The van der Waals surface area contributed by atoms with Gasteiger partial charge in [0.2, 0.25) is 5.90 Å². The quantitative estimate of drug-likeness (QED) is 0.307. The van der Waals surface area contributed by atoms with Gasteiger partial charge in [0.05, 0.1) is 11.6 Å². The molecule has 0 unspecified atom stereocenters. The van der Waals surface area contributed by atoms with Crippen molar-refractivity contribution in [1.29, 1.82) is 0 Å². The molecule has 0 radical (unpaired) electrons. The molecule has 0 saturated carbocycles. The van der Waals surface area contributed by atoms with Crippen LogP contribution in [0.3, 0.4) is 0 Å². The fraction of sp³-hybridized carbons (Fsp3) is 0.185. The molecule has 1 aliphatic rings. The van der Waals surface area contributed by atoms with Crippen molar-refractivity contribution in [3.05, 3.63) is 99.2 Å². The molecular formula is C27H24ClNO4. The van der Waals surface area contributed by atoms with Gasteiger partial charge in [0.15, 0.2) is 17.2 Å². The maximum atomic E-state index is 12.4. The number of rotatable bonds is 7. The largest absolute Gasteiger partial charge is 0.490 e. The Balaban J connectivity index is 1.61. The van der Waals surface area contributed by atoms with E-state index >= 15 is 0 Å². The number of aryl methyl sites for hydroxylation is 2. The highest BCUT2D eigenvalue weighted by atomic mass is 35.5. The average molecular weight is 462 g/mol. The summed E-state index contributed by atoms with van der Waals surface area (Å²) in [6.45, 7) is 6.71. The number of benzene rings is 3. The lowest BCUT2D eigenvalue weighted by Crippen LogP contribution is -2.05. The SMILES string of the molecule is CCOc1cc(/C=C2\N=C(c3ccc(C)cc3)OC2=O)cc(Cl)c1OCc1ccccc1C. The maximum Gasteiger partial charge on any atom is 0.363 e. The van der Waals surface area contributed by atoms with Crippen LogP contribution in [0.1, 0.15) is 34.7 Å². The summed E-state index contributed by atoms with van der Waals surface area (Å²) >= 11 is 6.55. The van der Waals surface area contributed by atoms with E-state index in [4.69, 9.17) is 25.8 Å². The van der Waals surface area contributed by atoms with Gasteiger partial charge in [-0.05, 0) is 67.8 Å². The van der Waals surface area contributed by atoms with Crippen LogP contribution in [-0.2, 0) is 16.1 Å². The molecule has 33 heavy (non-hydrogen) atoms. The predicted octanol–water partition coefficient (Wildman–Crippen LogP) is 6.28. The summed E-state index contributed by atoms with van der Waals surface area (Å²) in [7, 11) is 0. The van der Waals surface area contributed by atoms with Gasteiger partial charge in [0.1, 0.15) is 6.61 Å². The van der Waals surface area contributed by atoms with Crippen molar-refractivity contribution in [2.24, 2.45) is 4.99 Å². The van der Waals surface area contributed by atoms with Gasteiger partial charge in [-0.2, -0.15) is 0 Å². The van der Waals surface area contributed by atoms with Crippen molar-refractivity contribution in [2.45, 2.75) is 27.4 Å². The minimum atomic E-state index is -0.514. The van der Waals surface area contributed by atoms with E-state index in [-0.39, 0.29) is 11.6 Å². The molecule has 0 N–H and O–H groups in total. The van der Waals surface area contributed by atoms with Crippen LogP contribution in [0, 0.1) is 13.8 Å². The molecule has 168 valence electrons. The number of aliphatic imine (C=N–C) groups is 1. The number of cyclic esters (lactones) is 1. The highest BCUT2D eigenvalue weighted by molar-refractivity contribution is 6.32. The average Bonchev–Trinajstić information content (AvgIpc) is 3.15. The van der Waals surface area contributed by atoms with Crippen molar-refractivity contribution in [3.8, 4) is 11.5 Å². The molecule has 3 aromatic carbocycles. The molecule has 1 aliphatic heterocycles. The summed E-state index contributed by atoms with van der Waals surface area (Å²) in [5.41, 5.74) is 4.90. The first kappa shape index (κ1) is 22.6. The highest BCUT2D eigenvalue weighted by Crippen LogP contribution is 2.38. The molecule has 0 amide bonds. The molecule has 3 aromatic rings. The van der Waals surface area contributed by atoms with Crippen molar-refractivity contribution in [1.82, 2.24) is 0 Å². The van der Waals surface area contributed by atoms with Crippen LogP contribution in [0.15, 0.2) is 71.4 Å².